The maximum Gasteiger partial charge on any atom is 0.274 e. The average molecular weight is 266 g/mol. The standard InChI is InChI=1S/C13H16ClN3O/c1-15-11-5-4-10(14)12(16-11)13(18)17-7-8-2-3-9(17)6-8/h4-5,8-9H,2-3,6-7H2,1H3,(H,15,16). The van der Waals surface area contributed by atoms with E-state index in [-0.39, 0.29) is 5.91 Å². The number of nitrogens with zero attached hydrogens (tertiary/aromatic N) is 2. The number of hydrogen-bond donors (Lipinski definition) is 1. The fourth-order valence-electron chi connectivity index (χ4n) is 3.04. The number of halogens is 1. The van der Waals surface area contributed by atoms with Gasteiger partial charge in [-0.3, -0.25) is 4.79 Å². The third-order valence-electron chi connectivity index (χ3n) is 3.97. The Balaban J connectivity index is 1.88. The quantitative estimate of drug-likeness (QED) is 0.893. The van der Waals surface area contributed by atoms with Crippen LogP contribution in [-0.2, 0) is 0 Å². The van der Waals surface area contributed by atoms with Crippen LogP contribution in [0.5, 0.6) is 0 Å². The molecule has 1 aromatic heterocycles. The van der Waals surface area contributed by atoms with Crippen LogP contribution < -0.4 is 5.32 Å². The lowest BCUT2D eigenvalue weighted by atomic mass is 10.1. The Labute approximate surface area is 111 Å². The largest absolute Gasteiger partial charge is 0.373 e. The maximum absolute atomic E-state index is 12.5. The van der Waals surface area contributed by atoms with E-state index in [0.717, 1.165) is 19.4 Å². The van der Waals surface area contributed by atoms with E-state index in [1.54, 1.807) is 19.2 Å². The van der Waals surface area contributed by atoms with Gasteiger partial charge in [-0.1, -0.05) is 11.6 Å². The van der Waals surface area contributed by atoms with E-state index in [1.165, 1.54) is 6.42 Å². The number of aromatic nitrogens is 1. The second-order valence-electron chi connectivity index (χ2n) is 5.07. The van der Waals surface area contributed by atoms with E-state index < -0.39 is 0 Å². The molecule has 2 atom stereocenters. The topological polar surface area (TPSA) is 45.2 Å². The molecule has 96 valence electrons. The highest BCUT2D eigenvalue weighted by Crippen LogP contribution is 2.38. The Bertz CT molecular complexity index is 491. The minimum atomic E-state index is -0.0238. The first-order chi connectivity index (χ1) is 8.69. The summed E-state index contributed by atoms with van der Waals surface area (Å²) in [4.78, 5) is 18.7. The fraction of sp³-hybridized carbons (Fsp3) is 0.538. The van der Waals surface area contributed by atoms with Crippen LogP contribution in [0, 0.1) is 5.92 Å². The normalized spacial score (nSPS) is 25.6. The molecule has 2 fully saturated rings. The number of anilines is 1. The molecular weight excluding hydrogens is 250 g/mol. The zero-order chi connectivity index (χ0) is 12.7. The van der Waals surface area contributed by atoms with E-state index in [2.05, 4.69) is 10.3 Å². The van der Waals surface area contributed by atoms with Gasteiger partial charge < -0.3 is 10.2 Å². The van der Waals surface area contributed by atoms with Crippen molar-refractivity contribution in [1.29, 1.82) is 0 Å². The van der Waals surface area contributed by atoms with Crippen molar-refractivity contribution in [2.24, 2.45) is 5.92 Å². The number of likely N-dealkylation sites (tertiary alicyclic amines) is 1. The molecule has 1 aliphatic heterocycles. The molecule has 0 aromatic carbocycles. The van der Waals surface area contributed by atoms with Crippen LogP contribution in [0.15, 0.2) is 12.1 Å². The second-order valence-corrected chi connectivity index (χ2v) is 5.47. The Kier molecular flexibility index (Phi) is 2.90. The Morgan fingerprint density at radius 1 is 1.50 bits per heavy atom. The van der Waals surface area contributed by atoms with E-state index in [9.17, 15) is 4.79 Å². The highest BCUT2D eigenvalue weighted by molar-refractivity contribution is 6.33. The van der Waals surface area contributed by atoms with Gasteiger partial charge in [0.2, 0.25) is 0 Å². The number of hydrogen-bond acceptors (Lipinski definition) is 3. The molecule has 0 radical (unpaired) electrons. The van der Waals surface area contributed by atoms with E-state index >= 15 is 0 Å². The van der Waals surface area contributed by atoms with Crippen molar-refractivity contribution >= 4 is 23.3 Å². The molecule has 0 spiro atoms. The molecular formula is C13H16ClN3O. The number of carbonyl (C=O) groups is 1. The lowest BCUT2D eigenvalue weighted by Crippen LogP contribution is -2.38. The summed E-state index contributed by atoms with van der Waals surface area (Å²) in [7, 11) is 1.78. The van der Waals surface area contributed by atoms with Gasteiger partial charge in [0.1, 0.15) is 11.5 Å². The third kappa shape index (κ3) is 1.85. The number of amides is 1. The van der Waals surface area contributed by atoms with Crippen LogP contribution in [0.1, 0.15) is 29.8 Å². The maximum atomic E-state index is 12.5. The van der Waals surface area contributed by atoms with E-state index in [4.69, 9.17) is 11.6 Å². The first kappa shape index (κ1) is 11.8. The van der Waals surface area contributed by atoms with Crippen LogP contribution in [0.25, 0.3) is 0 Å². The summed E-state index contributed by atoms with van der Waals surface area (Å²) >= 11 is 6.09. The zero-order valence-corrected chi connectivity index (χ0v) is 11.1. The molecule has 2 bridgehead atoms. The molecule has 1 saturated heterocycles. The molecule has 1 aromatic rings. The van der Waals surface area contributed by atoms with Crippen molar-refractivity contribution in [2.45, 2.75) is 25.3 Å². The zero-order valence-electron chi connectivity index (χ0n) is 10.3. The summed E-state index contributed by atoms with van der Waals surface area (Å²) in [6, 6.07) is 3.90. The first-order valence-electron chi connectivity index (χ1n) is 6.34. The van der Waals surface area contributed by atoms with E-state index in [1.807, 2.05) is 4.90 Å². The lowest BCUT2D eigenvalue weighted by Gasteiger charge is -2.27. The summed E-state index contributed by atoms with van der Waals surface area (Å²) < 4.78 is 0. The summed E-state index contributed by atoms with van der Waals surface area (Å²) in [6.45, 7) is 0.866. The molecule has 4 nitrogen and oxygen atoms in total. The van der Waals surface area contributed by atoms with Crippen LogP contribution >= 0.6 is 11.6 Å². The van der Waals surface area contributed by atoms with Gasteiger partial charge in [0.05, 0.1) is 5.02 Å². The SMILES string of the molecule is CNc1ccc(Cl)c(C(=O)N2CC3CCC2C3)n1. The smallest absolute Gasteiger partial charge is 0.274 e. The third-order valence-corrected chi connectivity index (χ3v) is 4.28. The second kappa shape index (κ2) is 4.43. The Hall–Kier alpha value is -1.29. The molecule has 5 heteroatoms. The van der Waals surface area contributed by atoms with Crippen molar-refractivity contribution in [3.63, 3.8) is 0 Å². The predicted octanol–water partition coefficient (Wildman–Crippen LogP) is 2.40. The van der Waals surface area contributed by atoms with Crippen molar-refractivity contribution in [3.8, 4) is 0 Å². The number of fused-ring (bicyclic) bond motifs is 2. The Morgan fingerprint density at radius 2 is 2.33 bits per heavy atom. The molecule has 3 rings (SSSR count). The lowest BCUT2D eigenvalue weighted by molar-refractivity contribution is 0.0698. The molecule has 1 N–H and O–H groups in total. The number of nitrogens with one attached hydrogen (secondary N) is 1. The van der Waals surface area contributed by atoms with Gasteiger partial charge in [-0.2, -0.15) is 0 Å². The van der Waals surface area contributed by atoms with Gasteiger partial charge >= 0.3 is 0 Å². The summed E-state index contributed by atoms with van der Waals surface area (Å²) in [5.41, 5.74) is 0.371. The van der Waals surface area contributed by atoms with Crippen LogP contribution in [-0.4, -0.2) is 35.4 Å². The summed E-state index contributed by atoms with van der Waals surface area (Å²) in [6.07, 6.45) is 3.53. The molecule has 2 unspecified atom stereocenters. The van der Waals surface area contributed by atoms with Gasteiger partial charge in [-0.25, -0.2) is 4.98 Å². The molecule has 1 aliphatic carbocycles. The van der Waals surface area contributed by atoms with Crippen LogP contribution in [0.2, 0.25) is 5.02 Å². The van der Waals surface area contributed by atoms with Gasteiger partial charge in [0.15, 0.2) is 0 Å². The molecule has 2 aliphatic rings. The number of rotatable bonds is 2. The molecule has 18 heavy (non-hydrogen) atoms. The highest BCUT2D eigenvalue weighted by atomic mass is 35.5. The minimum absolute atomic E-state index is 0.0238. The van der Waals surface area contributed by atoms with Gasteiger partial charge in [-0.15, -0.1) is 0 Å². The first-order valence-corrected chi connectivity index (χ1v) is 6.72. The highest BCUT2D eigenvalue weighted by Gasteiger charge is 2.41. The molecule has 1 saturated carbocycles. The average Bonchev–Trinajstić information content (AvgIpc) is 3.01. The van der Waals surface area contributed by atoms with Crippen molar-refractivity contribution < 1.29 is 4.79 Å². The van der Waals surface area contributed by atoms with Crippen molar-refractivity contribution in [2.75, 3.05) is 18.9 Å². The number of piperidine rings is 1. The predicted molar refractivity (Wildman–Crippen MR) is 71.0 cm³/mol. The summed E-state index contributed by atoms with van der Waals surface area (Å²) in [5.74, 6) is 1.33. The van der Waals surface area contributed by atoms with Crippen LogP contribution in [0.4, 0.5) is 5.82 Å². The van der Waals surface area contributed by atoms with Crippen molar-refractivity contribution in [3.05, 3.63) is 22.8 Å². The van der Waals surface area contributed by atoms with E-state index in [0.29, 0.717) is 28.5 Å². The van der Waals surface area contributed by atoms with Crippen LogP contribution in [0.3, 0.4) is 0 Å². The molecule has 1 amide bonds. The van der Waals surface area contributed by atoms with Gasteiger partial charge in [0.25, 0.3) is 5.91 Å². The number of pyridine rings is 1. The van der Waals surface area contributed by atoms with Crippen molar-refractivity contribution in [1.82, 2.24) is 9.88 Å². The Morgan fingerprint density at radius 3 is 2.94 bits per heavy atom. The number of carbonyl (C=O) groups excluding carboxylic acids is 1. The summed E-state index contributed by atoms with van der Waals surface area (Å²) in [5, 5.41) is 3.37. The minimum Gasteiger partial charge on any atom is -0.373 e. The monoisotopic (exact) mass is 265 g/mol. The van der Waals surface area contributed by atoms with Gasteiger partial charge in [-0.05, 0) is 37.3 Å². The van der Waals surface area contributed by atoms with Gasteiger partial charge in [0, 0.05) is 19.6 Å². The fourth-order valence-corrected chi connectivity index (χ4v) is 3.23. The molecule has 2 heterocycles.